The van der Waals surface area contributed by atoms with Crippen molar-refractivity contribution in [2.45, 2.75) is 11.7 Å². The van der Waals surface area contributed by atoms with Gasteiger partial charge in [-0.1, -0.05) is 30.0 Å². The van der Waals surface area contributed by atoms with E-state index in [9.17, 15) is 4.79 Å². The lowest BCUT2D eigenvalue weighted by atomic mass is 10.3. The van der Waals surface area contributed by atoms with Crippen LogP contribution in [0.4, 0.5) is 0 Å². The average Bonchev–Trinajstić information content (AvgIpc) is 3.24. The predicted octanol–water partition coefficient (Wildman–Crippen LogP) is 2.61. The molecule has 23 heavy (non-hydrogen) atoms. The average molecular weight is 328 g/mol. The molecule has 0 radical (unpaired) electrons. The molecule has 3 aromatic rings. The SMILES string of the molecule is CN(Cc1ccco1)C(=O)CSc1nncn1-c1ccccc1. The number of para-hydroxylation sites is 1. The van der Waals surface area contributed by atoms with Crippen LogP contribution >= 0.6 is 11.8 Å². The molecule has 0 aliphatic rings. The lowest BCUT2D eigenvalue weighted by Gasteiger charge is -2.15. The minimum Gasteiger partial charge on any atom is -0.467 e. The summed E-state index contributed by atoms with van der Waals surface area (Å²) >= 11 is 1.37. The summed E-state index contributed by atoms with van der Waals surface area (Å²) in [5.41, 5.74) is 0.969. The van der Waals surface area contributed by atoms with Crippen molar-refractivity contribution in [2.75, 3.05) is 12.8 Å². The number of furan rings is 1. The lowest BCUT2D eigenvalue weighted by molar-refractivity contribution is -0.127. The molecule has 0 saturated heterocycles. The van der Waals surface area contributed by atoms with Crippen molar-refractivity contribution in [2.24, 2.45) is 0 Å². The van der Waals surface area contributed by atoms with Crippen LogP contribution in [0.5, 0.6) is 0 Å². The van der Waals surface area contributed by atoms with Crippen LogP contribution in [0.1, 0.15) is 5.76 Å². The van der Waals surface area contributed by atoms with Crippen molar-refractivity contribution in [3.8, 4) is 5.69 Å². The third-order valence-electron chi connectivity index (χ3n) is 3.27. The minimum atomic E-state index is 0.00834. The third kappa shape index (κ3) is 3.81. The van der Waals surface area contributed by atoms with Crippen molar-refractivity contribution < 1.29 is 9.21 Å². The molecule has 1 aromatic carbocycles. The van der Waals surface area contributed by atoms with Crippen LogP contribution in [-0.2, 0) is 11.3 Å². The van der Waals surface area contributed by atoms with Gasteiger partial charge in [-0.2, -0.15) is 0 Å². The Morgan fingerprint density at radius 1 is 1.26 bits per heavy atom. The van der Waals surface area contributed by atoms with E-state index < -0.39 is 0 Å². The quantitative estimate of drug-likeness (QED) is 0.651. The summed E-state index contributed by atoms with van der Waals surface area (Å²) in [4.78, 5) is 13.9. The van der Waals surface area contributed by atoms with Crippen molar-refractivity contribution in [1.29, 1.82) is 0 Å². The number of carbonyl (C=O) groups is 1. The molecule has 3 rings (SSSR count). The number of benzene rings is 1. The van der Waals surface area contributed by atoms with Gasteiger partial charge in [0.05, 0.1) is 18.6 Å². The van der Waals surface area contributed by atoms with E-state index in [0.29, 0.717) is 17.5 Å². The molecule has 0 fully saturated rings. The molecule has 0 bridgehead atoms. The molecule has 118 valence electrons. The molecule has 2 aromatic heterocycles. The Kier molecular flexibility index (Phi) is 4.77. The van der Waals surface area contributed by atoms with Gasteiger partial charge in [0, 0.05) is 12.7 Å². The predicted molar refractivity (Wildman–Crippen MR) is 87.3 cm³/mol. The first kappa shape index (κ1) is 15.4. The van der Waals surface area contributed by atoms with E-state index in [1.54, 1.807) is 24.5 Å². The molecule has 0 N–H and O–H groups in total. The van der Waals surface area contributed by atoms with Crippen LogP contribution in [0.15, 0.2) is 64.6 Å². The zero-order chi connectivity index (χ0) is 16.1. The molecule has 0 spiro atoms. The molecule has 0 saturated carbocycles. The van der Waals surface area contributed by atoms with Gasteiger partial charge in [-0.15, -0.1) is 10.2 Å². The molecule has 2 heterocycles. The van der Waals surface area contributed by atoms with Gasteiger partial charge in [0.25, 0.3) is 0 Å². The molecule has 0 aliphatic carbocycles. The summed E-state index contributed by atoms with van der Waals surface area (Å²) in [6.07, 6.45) is 3.25. The first-order valence-corrected chi connectivity index (χ1v) is 8.07. The summed E-state index contributed by atoms with van der Waals surface area (Å²) in [7, 11) is 1.76. The minimum absolute atomic E-state index is 0.00834. The summed E-state index contributed by atoms with van der Waals surface area (Å²) in [5, 5.41) is 8.71. The number of nitrogens with zero attached hydrogens (tertiary/aromatic N) is 4. The second-order valence-corrected chi connectivity index (χ2v) is 5.88. The highest BCUT2D eigenvalue weighted by molar-refractivity contribution is 7.99. The van der Waals surface area contributed by atoms with Gasteiger partial charge >= 0.3 is 0 Å². The first-order chi connectivity index (χ1) is 11.2. The fourth-order valence-electron chi connectivity index (χ4n) is 2.05. The summed E-state index contributed by atoms with van der Waals surface area (Å²) in [6.45, 7) is 0.456. The zero-order valence-electron chi connectivity index (χ0n) is 12.6. The van der Waals surface area contributed by atoms with Crippen LogP contribution < -0.4 is 0 Å². The number of amides is 1. The van der Waals surface area contributed by atoms with Gasteiger partial charge in [0.15, 0.2) is 5.16 Å². The standard InChI is InChI=1S/C16H16N4O2S/c1-19(10-14-8-5-9-22-14)15(21)11-23-16-18-17-12-20(16)13-6-3-2-4-7-13/h2-9,12H,10-11H2,1H3. The summed E-state index contributed by atoms with van der Waals surface area (Å²) in [6, 6.07) is 13.5. The largest absolute Gasteiger partial charge is 0.467 e. The highest BCUT2D eigenvalue weighted by Crippen LogP contribution is 2.19. The van der Waals surface area contributed by atoms with E-state index in [1.165, 1.54) is 11.8 Å². The van der Waals surface area contributed by atoms with Crippen molar-refractivity contribution in [1.82, 2.24) is 19.7 Å². The van der Waals surface area contributed by atoms with E-state index in [4.69, 9.17) is 4.42 Å². The summed E-state index contributed by atoms with van der Waals surface area (Å²) < 4.78 is 7.12. The van der Waals surface area contributed by atoms with Gasteiger partial charge in [0.2, 0.25) is 5.91 Å². The fourth-order valence-corrected chi connectivity index (χ4v) is 2.92. The van der Waals surface area contributed by atoms with E-state index in [2.05, 4.69) is 10.2 Å². The zero-order valence-corrected chi connectivity index (χ0v) is 13.4. The second kappa shape index (κ2) is 7.15. The first-order valence-electron chi connectivity index (χ1n) is 7.08. The normalized spacial score (nSPS) is 10.7. The smallest absolute Gasteiger partial charge is 0.233 e. The van der Waals surface area contributed by atoms with E-state index >= 15 is 0 Å². The van der Waals surface area contributed by atoms with Gasteiger partial charge in [-0.25, -0.2) is 0 Å². The van der Waals surface area contributed by atoms with Crippen LogP contribution in [0.2, 0.25) is 0 Å². The van der Waals surface area contributed by atoms with Gasteiger partial charge in [0.1, 0.15) is 12.1 Å². The van der Waals surface area contributed by atoms with Crippen molar-refractivity contribution in [3.63, 3.8) is 0 Å². The maximum Gasteiger partial charge on any atom is 0.233 e. The van der Waals surface area contributed by atoms with Crippen LogP contribution in [-0.4, -0.2) is 38.4 Å². The molecule has 6 nitrogen and oxygen atoms in total. The highest BCUT2D eigenvalue weighted by atomic mass is 32.2. The van der Waals surface area contributed by atoms with E-state index in [1.807, 2.05) is 47.0 Å². The van der Waals surface area contributed by atoms with Gasteiger partial charge in [-0.05, 0) is 24.3 Å². The molecule has 1 amide bonds. The number of hydrogen-bond acceptors (Lipinski definition) is 5. The monoisotopic (exact) mass is 328 g/mol. The maximum absolute atomic E-state index is 12.2. The number of aromatic nitrogens is 3. The van der Waals surface area contributed by atoms with Crippen LogP contribution in [0, 0.1) is 0 Å². The Hall–Kier alpha value is -2.54. The maximum atomic E-state index is 12.2. The van der Waals surface area contributed by atoms with Gasteiger partial charge in [-0.3, -0.25) is 9.36 Å². The van der Waals surface area contributed by atoms with E-state index in [0.717, 1.165) is 11.4 Å². The molecule has 0 atom stereocenters. The number of thioether (sulfide) groups is 1. The summed E-state index contributed by atoms with van der Waals surface area (Å²) in [5.74, 6) is 1.07. The Morgan fingerprint density at radius 2 is 2.09 bits per heavy atom. The second-order valence-electron chi connectivity index (χ2n) is 4.94. The van der Waals surface area contributed by atoms with Crippen molar-refractivity contribution >= 4 is 17.7 Å². The molecule has 0 aliphatic heterocycles. The topological polar surface area (TPSA) is 64.2 Å². The Balaban J connectivity index is 1.60. The van der Waals surface area contributed by atoms with Crippen LogP contribution in [0.3, 0.4) is 0 Å². The molecule has 0 unspecified atom stereocenters. The van der Waals surface area contributed by atoms with E-state index in [-0.39, 0.29) is 5.91 Å². The molecular weight excluding hydrogens is 312 g/mol. The van der Waals surface area contributed by atoms with Crippen LogP contribution in [0.25, 0.3) is 5.69 Å². The third-order valence-corrected chi connectivity index (χ3v) is 4.20. The van der Waals surface area contributed by atoms with Crippen molar-refractivity contribution in [3.05, 3.63) is 60.8 Å². The van der Waals surface area contributed by atoms with Gasteiger partial charge < -0.3 is 9.32 Å². The number of carbonyl (C=O) groups excluding carboxylic acids is 1. The Morgan fingerprint density at radius 3 is 2.83 bits per heavy atom. The number of rotatable bonds is 6. The lowest BCUT2D eigenvalue weighted by Crippen LogP contribution is -2.27. The highest BCUT2D eigenvalue weighted by Gasteiger charge is 2.14. The number of hydrogen-bond donors (Lipinski definition) is 0. The molecule has 7 heteroatoms. The molecular formula is C16H16N4O2S. The fraction of sp³-hybridized carbons (Fsp3) is 0.188. The Bertz CT molecular complexity index is 756. The Labute approximate surface area is 138 Å².